The molecule has 0 spiro atoms. The number of nitrogens with zero attached hydrogens (tertiary/aromatic N) is 1. The molecule has 4 rings (SSSR count). The van der Waals surface area contributed by atoms with Crippen LogP contribution >= 0.6 is 0 Å². The lowest BCUT2D eigenvalue weighted by Crippen LogP contribution is -2.24. The average Bonchev–Trinajstić information content (AvgIpc) is 3.26. The maximum atomic E-state index is 12.4. The molecule has 2 aromatic heterocycles. The molecule has 0 aliphatic heterocycles. The molecule has 38 heavy (non-hydrogen) atoms. The highest BCUT2D eigenvalue weighted by atomic mass is 16.5. The highest BCUT2D eigenvalue weighted by Gasteiger charge is 2.28. The third-order valence-electron chi connectivity index (χ3n) is 5.72. The second-order valence-corrected chi connectivity index (χ2v) is 7.98. The predicted octanol–water partition coefficient (Wildman–Crippen LogP) is 3.58. The number of benzene rings is 2. The van der Waals surface area contributed by atoms with Crippen molar-refractivity contribution in [2.24, 2.45) is 0 Å². The quantitative estimate of drug-likeness (QED) is 0.252. The molecule has 0 fully saturated rings. The van der Waals surface area contributed by atoms with E-state index in [4.69, 9.17) is 24.4 Å². The summed E-state index contributed by atoms with van der Waals surface area (Å²) in [6, 6.07) is 11.3. The minimum absolute atomic E-state index is 0.0518. The number of hydrogen-bond acceptors (Lipinski definition) is 9. The second kappa shape index (κ2) is 10.4. The Balaban J connectivity index is 1.75. The molecule has 196 valence electrons. The number of nitrogen functional groups attached to an aromatic ring is 1. The SMILES string of the molecule is COc1ccc(OC)c(-c2nc(COc3ccccc3-c3c(C(=O)O)c(N)[nH]c(=O)c3C(=O)O)c(C)o2)c1. The van der Waals surface area contributed by atoms with Crippen molar-refractivity contribution < 1.29 is 38.4 Å². The number of anilines is 1. The zero-order chi connectivity index (χ0) is 27.6. The Bertz CT molecular complexity index is 1600. The zero-order valence-electron chi connectivity index (χ0n) is 20.5. The lowest BCUT2D eigenvalue weighted by molar-refractivity contribution is 0.0695. The summed E-state index contributed by atoms with van der Waals surface area (Å²) < 4.78 is 22.5. The first-order valence-corrected chi connectivity index (χ1v) is 11.1. The number of pyridine rings is 1. The highest BCUT2D eigenvalue weighted by Crippen LogP contribution is 2.37. The first kappa shape index (κ1) is 25.8. The van der Waals surface area contributed by atoms with Crippen LogP contribution in [0.15, 0.2) is 51.7 Å². The third-order valence-corrected chi connectivity index (χ3v) is 5.72. The van der Waals surface area contributed by atoms with Crippen LogP contribution in [0.5, 0.6) is 17.2 Å². The molecular formula is C26H23N3O9. The van der Waals surface area contributed by atoms with Gasteiger partial charge < -0.3 is 39.6 Å². The largest absolute Gasteiger partial charge is 0.497 e. The summed E-state index contributed by atoms with van der Waals surface area (Å²) >= 11 is 0. The number of rotatable bonds is 9. The molecule has 4 aromatic rings. The van der Waals surface area contributed by atoms with Gasteiger partial charge in [0.05, 0.1) is 19.8 Å². The smallest absolute Gasteiger partial charge is 0.342 e. The van der Waals surface area contributed by atoms with Crippen LogP contribution < -0.4 is 25.5 Å². The van der Waals surface area contributed by atoms with Crippen molar-refractivity contribution in [3.8, 4) is 39.8 Å². The molecule has 0 bridgehead atoms. The van der Waals surface area contributed by atoms with Crippen LogP contribution in [-0.4, -0.2) is 46.3 Å². The fraction of sp³-hybridized carbons (Fsp3) is 0.154. The molecule has 2 heterocycles. The van der Waals surface area contributed by atoms with Gasteiger partial charge in [0.25, 0.3) is 5.56 Å². The maximum absolute atomic E-state index is 12.4. The minimum Gasteiger partial charge on any atom is -0.497 e. The summed E-state index contributed by atoms with van der Waals surface area (Å²) in [5.74, 6) is -1.73. The molecule has 0 atom stereocenters. The molecule has 0 aliphatic rings. The Morgan fingerprint density at radius 3 is 2.37 bits per heavy atom. The van der Waals surface area contributed by atoms with E-state index >= 15 is 0 Å². The minimum atomic E-state index is -1.62. The van der Waals surface area contributed by atoms with Gasteiger partial charge in [0.2, 0.25) is 5.89 Å². The Labute approximate surface area is 215 Å². The number of aromatic nitrogens is 2. The van der Waals surface area contributed by atoms with Gasteiger partial charge >= 0.3 is 11.9 Å². The Morgan fingerprint density at radius 1 is 1.00 bits per heavy atom. The predicted molar refractivity (Wildman–Crippen MR) is 135 cm³/mol. The maximum Gasteiger partial charge on any atom is 0.342 e. The number of carboxylic acids is 2. The molecule has 0 unspecified atom stereocenters. The van der Waals surface area contributed by atoms with Crippen molar-refractivity contribution in [1.29, 1.82) is 0 Å². The number of hydrogen-bond donors (Lipinski definition) is 4. The van der Waals surface area contributed by atoms with E-state index in [1.54, 1.807) is 37.3 Å². The number of aryl methyl sites for hydroxylation is 1. The number of oxazole rings is 1. The zero-order valence-corrected chi connectivity index (χ0v) is 20.5. The van der Waals surface area contributed by atoms with E-state index in [1.807, 2.05) is 0 Å². The average molecular weight is 521 g/mol. The second-order valence-electron chi connectivity index (χ2n) is 7.98. The van der Waals surface area contributed by atoms with Crippen LogP contribution in [0.4, 0.5) is 5.82 Å². The number of aromatic carboxylic acids is 2. The summed E-state index contributed by atoms with van der Waals surface area (Å²) in [6.07, 6.45) is 0. The lowest BCUT2D eigenvalue weighted by Gasteiger charge is -2.15. The van der Waals surface area contributed by atoms with Gasteiger partial charge in [0.15, 0.2) is 0 Å². The Hall–Kier alpha value is -5.26. The van der Waals surface area contributed by atoms with Crippen molar-refractivity contribution >= 4 is 17.8 Å². The monoisotopic (exact) mass is 521 g/mol. The van der Waals surface area contributed by atoms with Crippen molar-refractivity contribution in [3.05, 3.63) is 75.4 Å². The van der Waals surface area contributed by atoms with Crippen LogP contribution in [0, 0.1) is 6.92 Å². The molecule has 0 aliphatic carbocycles. The molecule has 0 saturated carbocycles. The molecular weight excluding hydrogens is 498 g/mol. The van der Waals surface area contributed by atoms with Gasteiger partial charge in [-0.1, -0.05) is 18.2 Å². The van der Waals surface area contributed by atoms with Gasteiger partial charge in [0, 0.05) is 11.1 Å². The van der Waals surface area contributed by atoms with Crippen molar-refractivity contribution in [2.45, 2.75) is 13.5 Å². The number of para-hydroxylation sites is 1. The van der Waals surface area contributed by atoms with Crippen molar-refractivity contribution in [3.63, 3.8) is 0 Å². The fourth-order valence-corrected chi connectivity index (χ4v) is 3.92. The molecule has 0 radical (unpaired) electrons. The number of ether oxygens (including phenoxy) is 3. The van der Waals surface area contributed by atoms with Gasteiger partial charge in [-0.05, 0) is 31.2 Å². The van der Waals surface area contributed by atoms with Gasteiger partial charge in [-0.15, -0.1) is 0 Å². The van der Waals surface area contributed by atoms with Gasteiger partial charge in [-0.25, -0.2) is 14.6 Å². The number of carbonyl (C=O) groups is 2. The number of nitrogens with two attached hydrogens (primary N) is 1. The first-order valence-electron chi connectivity index (χ1n) is 11.1. The van der Waals surface area contributed by atoms with Gasteiger partial charge in [-0.2, -0.15) is 0 Å². The summed E-state index contributed by atoms with van der Waals surface area (Å²) in [5, 5.41) is 19.4. The molecule has 12 heteroatoms. The van der Waals surface area contributed by atoms with E-state index in [2.05, 4.69) is 9.97 Å². The molecule has 2 aromatic carbocycles. The summed E-state index contributed by atoms with van der Waals surface area (Å²) in [7, 11) is 3.04. The highest BCUT2D eigenvalue weighted by molar-refractivity contribution is 6.08. The first-order chi connectivity index (χ1) is 18.2. The van der Waals surface area contributed by atoms with E-state index in [1.165, 1.54) is 26.4 Å². The number of carboxylic acid groups (broad SMARTS) is 2. The number of aromatic amines is 1. The molecule has 0 amide bonds. The van der Waals surface area contributed by atoms with E-state index in [9.17, 15) is 24.6 Å². The molecule has 12 nitrogen and oxygen atoms in total. The number of methoxy groups -OCH3 is 2. The Kier molecular flexibility index (Phi) is 7.06. The van der Waals surface area contributed by atoms with Crippen LogP contribution in [0.2, 0.25) is 0 Å². The van der Waals surface area contributed by atoms with Crippen molar-refractivity contribution in [1.82, 2.24) is 9.97 Å². The summed E-state index contributed by atoms with van der Waals surface area (Å²) in [6.45, 7) is 1.57. The van der Waals surface area contributed by atoms with E-state index in [-0.39, 0.29) is 29.4 Å². The summed E-state index contributed by atoms with van der Waals surface area (Å²) in [4.78, 5) is 43.0. The van der Waals surface area contributed by atoms with Crippen LogP contribution in [-0.2, 0) is 6.61 Å². The van der Waals surface area contributed by atoms with E-state index < -0.39 is 34.4 Å². The number of H-pyrrole nitrogens is 1. The van der Waals surface area contributed by atoms with E-state index in [0.717, 1.165) is 0 Å². The van der Waals surface area contributed by atoms with Gasteiger partial charge in [0.1, 0.15) is 52.3 Å². The van der Waals surface area contributed by atoms with Crippen molar-refractivity contribution in [2.75, 3.05) is 20.0 Å². The molecule has 5 N–H and O–H groups in total. The fourth-order valence-electron chi connectivity index (χ4n) is 3.92. The van der Waals surface area contributed by atoms with Crippen LogP contribution in [0.3, 0.4) is 0 Å². The topological polar surface area (TPSA) is 187 Å². The summed E-state index contributed by atoms with van der Waals surface area (Å²) in [5.41, 5.74) is 4.01. The lowest BCUT2D eigenvalue weighted by atomic mass is 9.94. The number of nitrogens with one attached hydrogen (secondary N) is 1. The normalized spacial score (nSPS) is 10.7. The van der Waals surface area contributed by atoms with E-state index in [0.29, 0.717) is 28.5 Å². The molecule has 0 saturated heterocycles. The Morgan fingerprint density at radius 2 is 1.71 bits per heavy atom. The van der Waals surface area contributed by atoms with Crippen LogP contribution in [0.25, 0.3) is 22.6 Å². The standard InChI is InChI=1S/C26H23N3O9/c1-12-16(28-24(38-12)15-10-13(35-2)8-9-17(15)36-3)11-37-18-7-5-4-6-14(18)19-20(25(31)32)22(27)29-23(30)21(19)26(33)34/h4-10H,11H2,1-3H3,(H,31,32)(H,33,34)(H3,27,29,30). The third kappa shape index (κ3) is 4.74. The van der Waals surface area contributed by atoms with Gasteiger partial charge in [-0.3, -0.25) is 4.79 Å². The van der Waals surface area contributed by atoms with Crippen LogP contribution in [0.1, 0.15) is 32.2 Å².